The Kier molecular flexibility index (Phi) is 4.06. The summed E-state index contributed by atoms with van der Waals surface area (Å²) in [6.07, 6.45) is 6.31. The third-order valence-electron chi connectivity index (χ3n) is 4.28. The van der Waals surface area contributed by atoms with Gasteiger partial charge in [-0.2, -0.15) is 0 Å². The highest BCUT2D eigenvalue weighted by Gasteiger charge is 2.29. The number of hydrogen-bond acceptors (Lipinski definition) is 4. The molecule has 0 amide bonds. The van der Waals surface area contributed by atoms with Crippen LogP contribution in [0.1, 0.15) is 54.5 Å². The number of aliphatic imine (C=N–C) groups is 1. The van der Waals surface area contributed by atoms with Gasteiger partial charge in [0.15, 0.2) is 5.82 Å². The average molecular weight is 326 g/mol. The van der Waals surface area contributed by atoms with Gasteiger partial charge >= 0.3 is 0 Å². The Labute approximate surface area is 141 Å². The summed E-state index contributed by atoms with van der Waals surface area (Å²) in [4.78, 5) is 6.33. The molecule has 120 valence electrons. The van der Waals surface area contributed by atoms with Gasteiger partial charge < -0.3 is 0 Å². The number of aromatic nitrogens is 3. The third kappa shape index (κ3) is 2.39. The lowest BCUT2D eigenvalue weighted by atomic mass is 9.99. The molecule has 3 rings (SSSR count). The van der Waals surface area contributed by atoms with Gasteiger partial charge in [-0.05, 0) is 52.7 Å². The van der Waals surface area contributed by atoms with Gasteiger partial charge in [-0.1, -0.05) is 18.2 Å². The molecule has 0 radical (unpaired) electrons. The lowest BCUT2D eigenvalue weighted by Gasteiger charge is -2.10. The van der Waals surface area contributed by atoms with Crippen molar-refractivity contribution in [2.24, 2.45) is 4.99 Å². The van der Waals surface area contributed by atoms with Crippen LogP contribution in [0.4, 0.5) is 0 Å². The smallest absolute Gasteiger partial charge is 0.162 e. The maximum atomic E-state index is 5.02. The van der Waals surface area contributed by atoms with E-state index >= 15 is 0 Å². The van der Waals surface area contributed by atoms with Crippen LogP contribution in [0.3, 0.4) is 0 Å². The van der Waals surface area contributed by atoms with Crippen molar-refractivity contribution in [2.45, 2.75) is 47.6 Å². The minimum Gasteiger partial charge on any atom is -0.273 e. The van der Waals surface area contributed by atoms with Crippen LogP contribution in [0.5, 0.6) is 0 Å². The summed E-state index contributed by atoms with van der Waals surface area (Å²) in [6, 6.07) is -0.0225. The van der Waals surface area contributed by atoms with Crippen molar-refractivity contribution in [3.05, 3.63) is 51.5 Å². The second-order valence-corrected chi connectivity index (χ2v) is 7.01. The van der Waals surface area contributed by atoms with E-state index in [1.54, 1.807) is 11.3 Å². The molecule has 1 atom stereocenters. The predicted molar refractivity (Wildman–Crippen MR) is 97.0 cm³/mol. The average Bonchev–Trinajstić information content (AvgIpc) is 3.00. The van der Waals surface area contributed by atoms with Crippen molar-refractivity contribution in [1.29, 1.82) is 0 Å². The van der Waals surface area contributed by atoms with E-state index in [2.05, 4.69) is 60.7 Å². The van der Waals surface area contributed by atoms with E-state index in [4.69, 9.17) is 4.99 Å². The first kappa shape index (κ1) is 15.9. The fourth-order valence-corrected chi connectivity index (χ4v) is 4.19. The summed E-state index contributed by atoms with van der Waals surface area (Å²) in [7, 11) is 0. The number of rotatable bonds is 2. The molecule has 5 heteroatoms. The molecule has 0 fully saturated rings. The second kappa shape index (κ2) is 5.89. The summed E-state index contributed by atoms with van der Waals surface area (Å²) in [6.45, 7) is 12.5. The summed E-state index contributed by atoms with van der Waals surface area (Å²) in [5, 5.41) is 9.84. The zero-order chi connectivity index (χ0) is 16.7. The first-order valence-corrected chi connectivity index (χ1v) is 8.71. The summed E-state index contributed by atoms with van der Waals surface area (Å²) < 4.78 is 2.17. The number of nitrogens with zero attached hydrogens (tertiary/aromatic N) is 4. The monoisotopic (exact) mass is 326 g/mol. The van der Waals surface area contributed by atoms with Gasteiger partial charge in [-0.3, -0.25) is 9.56 Å². The molecule has 0 saturated heterocycles. The van der Waals surface area contributed by atoms with Crippen molar-refractivity contribution in [2.75, 3.05) is 0 Å². The molecule has 2 aromatic rings. The highest BCUT2D eigenvalue weighted by molar-refractivity contribution is 7.15. The number of hydrogen-bond donors (Lipinski definition) is 0. The van der Waals surface area contributed by atoms with E-state index in [9.17, 15) is 0 Å². The molecular weight excluding hydrogens is 304 g/mol. The fraction of sp³-hybridized carbons (Fsp3) is 0.389. The van der Waals surface area contributed by atoms with E-state index < -0.39 is 0 Å². The number of fused-ring (bicyclic) bond motifs is 3. The second-order valence-electron chi connectivity index (χ2n) is 5.80. The molecule has 0 N–H and O–H groups in total. The van der Waals surface area contributed by atoms with Crippen LogP contribution < -0.4 is 0 Å². The Morgan fingerprint density at radius 3 is 2.57 bits per heavy atom. The van der Waals surface area contributed by atoms with E-state index in [0.29, 0.717) is 0 Å². The number of aryl methyl sites for hydroxylation is 2. The van der Waals surface area contributed by atoms with E-state index in [-0.39, 0.29) is 6.04 Å². The summed E-state index contributed by atoms with van der Waals surface area (Å²) >= 11 is 1.79. The van der Waals surface area contributed by atoms with Gasteiger partial charge in [0, 0.05) is 10.4 Å². The van der Waals surface area contributed by atoms with Crippen LogP contribution in [-0.2, 0) is 0 Å². The molecule has 1 unspecified atom stereocenters. The van der Waals surface area contributed by atoms with Crippen LogP contribution >= 0.6 is 11.3 Å². The van der Waals surface area contributed by atoms with Crippen molar-refractivity contribution >= 4 is 17.0 Å². The molecule has 4 nitrogen and oxygen atoms in total. The van der Waals surface area contributed by atoms with Crippen LogP contribution in [0.25, 0.3) is 5.00 Å². The Bertz CT molecular complexity index is 849. The largest absolute Gasteiger partial charge is 0.273 e. The van der Waals surface area contributed by atoms with Gasteiger partial charge in [0.2, 0.25) is 0 Å². The number of allylic oxidation sites excluding steroid dienone is 4. The molecule has 0 aromatic carbocycles. The minimum absolute atomic E-state index is 0.0225. The molecule has 0 spiro atoms. The van der Waals surface area contributed by atoms with Crippen LogP contribution in [-0.4, -0.2) is 20.5 Å². The summed E-state index contributed by atoms with van der Waals surface area (Å²) in [5.41, 5.74) is 4.71. The van der Waals surface area contributed by atoms with Gasteiger partial charge in [0.25, 0.3) is 0 Å². The Hall–Kier alpha value is -2.01. The number of thiophene rings is 1. The maximum absolute atomic E-state index is 5.02. The van der Waals surface area contributed by atoms with Gasteiger partial charge in [-0.15, -0.1) is 21.5 Å². The van der Waals surface area contributed by atoms with Crippen molar-refractivity contribution in [3.63, 3.8) is 0 Å². The quantitative estimate of drug-likeness (QED) is 0.755. The highest BCUT2D eigenvalue weighted by atomic mass is 32.1. The highest BCUT2D eigenvalue weighted by Crippen LogP contribution is 2.38. The van der Waals surface area contributed by atoms with Gasteiger partial charge in [0.1, 0.15) is 16.9 Å². The van der Waals surface area contributed by atoms with Gasteiger partial charge in [-0.25, -0.2) is 0 Å². The van der Waals surface area contributed by atoms with E-state index in [0.717, 1.165) is 22.9 Å². The van der Waals surface area contributed by atoms with Gasteiger partial charge in [0.05, 0.1) is 5.71 Å². The first-order chi connectivity index (χ1) is 11.0. The molecule has 0 aliphatic carbocycles. The molecule has 3 heterocycles. The topological polar surface area (TPSA) is 43.1 Å². The molecule has 0 bridgehead atoms. The van der Waals surface area contributed by atoms with Crippen molar-refractivity contribution in [3.8, 4) is 5.00 Å². The van der Waals surface area contributed by atoms with E-state index in [1.807, 2.05) is 13.8 Å². The van der Waals surface area contributed by atoms with Crippen LogP contribution in [0.2, 0.25) is 0 Å². The lowest BCUT2D eigenvalue weighted by molar-refractivity contribution is 0.724. The minimum atomic E-state index is -0.0225. The standard InChI is InChI=1S/C18H22N4S/c1-7-9-14(8-2)16-15-10(3)12(5)23-18(15)22-13(6)20-21-17(22)11(4)19-16/h7-9,11H,1-6H3/b9-7-,14-8+. The zero-order valence-corrected chi connectivity index (χ0v) is 15.3. The van der Waals surface area contributed by atoms with E-state index in [1.165, 1.54) is 21.0 Å². The SMILES string of the molecule is C/C=C\C(=C/C)C1=NC(C)c2nnc(C)n2-c2sc(C)c(C)c21. The van der Waals surface area contributed by atoms with Crippen LogP contribution in [0.15, 0.2) is 28.8 Å². The van der Waals surface area contributed by atoms with Crippen molar-refractivity contribution < 1.29 is 0 Å². The normalized spacial score (nSPS) is 17.9. The molecule has 1 aliphatic rings. The van der Waals surface area contributed by atoms with Crippen LogP contribution in [0, 0.1) is 20.8 Å². The molecule has 23 heavy (non-hydrogen) atoms. The zero-order valence-electron chi connectivity index (χ0n) is 14.5. The Morgan fingerprint density at radius 2 is 1.91 bits per heavy atom. The lowest BCUT2D eigenvalue weighted by Crippen LogP contribution is -2.07. The van der Waals surface area contributed by atoms with Crippen molar-refractivity contribution in [1.82, 2.24) is 14.8 Å². The summed E-state index contributed by atoms with van der Waals surface area (Å²) in [5.74, 6) is 1.83. The molecule has 1 aliphatic heterocycles. The maximum Gasteiger partial charge on any atom is 0.162 e. The molecular formula is C18H22N4S. The molecule has 0 saturated carbocycles. The third-order valence-corrected chi connectivity index (χ3v) is 5.48. The first-order valence-electron chi connectivity index (χ1n) is 7.89. The Morgan fingerprint density at radius 1 is 1.17 bits per heavy atom. The predicted octanol–water partition coefficient (Wildman–Crippen LogP) is 4.64. The Balaban J connectivity index is 2.38. The molecule has 2 aromatic heterocycles. The fourth-order valence-electron chi connectivity index (χ4n) is 2.97.